The molecule has 3 heteroatoms. The summed E-state index contributed by atoms with van der Waals surface area (Å²) in [7, 11) is 2.05. The molecular weight excluding hydrogens is 249 g/mol. The number of nitrogens with zero attached hydrogens (tertiary/aromatic N) is 1. The van der Waals surface area contributed by atoms with E-state index in [1.54, 1.807) is 6.07 Å². The summed E-state index contributed by atoms with van der Waals surface area (Å²) in [5.74, 6) is 1.22. The van der Waals surface area contributed by atoms with Gasteiger partial charge in [-0.25, -0.2) is 4.39 Å². The highest BCUT2D eigenvalue weighted by Gasteiger charge is 2.15. The van der Waals surface area contributed by atoms with Crippen LogP contribution >= 0.6 is 11.6 Å². The van der Waals surface area contributed by atoms with Crippen LogP contribution < -0.4 is 0 Å². The van der Waals surface area contributed by atoms with E-state index in [2.05, 4.69) is 11.8 Å². The molecule has 0 aliphatic carbocycles. The van der Waals surface area contributed by atoms with Gasteiger partial charge >= 0.3 is 0 Å². The SMILES string of the molecule is CC(CCCl)CCN(C)C(C)c1ccccc1F. The molecule has 102 valence electrons. The molecule has 1 nitrogen and oxygen atoms in total. The largest absolute Gasteiger partial charge is 0.300 e. The van der Waals surface area contributed by atoms with Crippen LogP contribution in [0, 0.1) is 11.7 Å². The number of hydrogen-bond donors (Lipinski definition) is 0. The normalized spacial score (nSPS) is 14.8. The van der Waals surface area contributed by atoms with Gasteiger partial charge in [-0.3, -0.25) is 4.90 Å². The van der Waals surface area contributed by atoms with Crippen molar-refractivity contribution >= 4 is 11.6 Å². The molecule has 2 unspecified atom stereocenters. The molecule has 0 spiro atoms. The molecule has 0 radical (unpaired) electrons. The van der Waals surface area contributed by atoms with E-state index >= 15 is 0 Å². The number of rotatable bonds is 7. The standard InChI is InChI=1S/C15H23ClFN/c1-12(8-10-16)9-11-18(3)13(2)14-6-4-5-7-15(14)17/h4-7,12-13H,8-11H2,1-3H3. The number of halogens is 2. The first-order valence-electron chi connectivity index (χ1n) is 6.57. The van der Waals surface area contributed by atoms with E-state index in [0.29, 0.717) is 11.8 Å². The average molecular weight is 272 g/mol. The van der Waals surface area contributed by atoms with Gasteiger partial charge in [-0.1, -0.05) is 25.1 Å². The van der Waals surface area contributed by atoms with Gasteiger partial charge in [0.2, 0.25) is 0 Å². The lowest BCUT2D eigenvalue weighted by Crippen LogP contribution is -2.25. The van der Waals surface area contributed by atoms with Crippen LogP contribution in [0.2, 0.25) is 0 Å². The second-order valence-electron chi connectivity index (χ2n) is 5.05. The number of alkyl halides is 1. The topological polar surface area (TPSA) is 3.24 Å². The molecule has 0 fully saturated rings. The van der Waals surface area contributed by atoms with Crippen molar-refractivity contribution in [2.24, 2.45) is 5.92 Å². The summed E-state index contributed by atoms with van der Waals surface area (Å²) in [5, 5.41) is 0. The summed E-state index contributed by atoms with van der Waals surface area (Å²) >= 11 is 5.73. The van der Waals surface area contributed by atoms with Crippen molar-refractivity contribution in [2.45, 2.75) is 32.7 Å². The lowest BCUT2D eigenvalue weighted by molar-refractivity contribution is 0.238. The summed E-state index contributed by atoms with van der Waals surface area (Å²) in [6.07, 6.45) is 2.14. The Balaban J connectivity index is 2.51. The zero-order chi connectivity index (χ0) is 13.5. The Morgan fingerprint density at radius 2 is 1.89 bits per heavy atom. The Bertz CT molecular complexity index is 356. The van der Waals surface area contributed by atoms with Crippen LogP contribution in [0.5, 0.6) is 0 Å². The predicted octanol–water partition coefficient (Wildman–Crippen LogP) is 4.47. The minimum absolute atomic E-state index is 0.106. The van der Waals surface area contributed by atoms with Gasteiger partial charge in [0.1, 0.15) is 5.82 Å². The van der Waals surface area contributed by atoms with Crippen LogP contribution in [0.15, 0.2) is 24.3 Å². The number of hydrogen-bond acceptors (Lipinski definition) is 1. The highest BCUT2D eigenvalue weighted by molar-refractivity contribution is 6.17. The van der Waals surface area contributed by atoms with Gasteiger partial charge in [0.05, 0.1) is 0 Å². The Kier molecular flexibility index (Phi) is 6.66. The molecule has 0 bridgehead atoms. The second kappa shape index (κ2) is 7.75. The average Bonchev–Trinajstić information content (AvgIpc) is 2.36. The van der Waals surface area contributed by atoms with Gasteiger partial charge in [0.25, 0.3) is 0 Å². The van der Waals surface area contributed by atoms with Crippen LogP contribution in [0.1, 0.15) is 38.3 Å². The van der Waals surface area contributed by atoms with Crippen molar-refractivity contribution in [3.05, 3.63) is 35.6 Å². The Morgan fingerprint density at radius 1 is 1.22 bits per heavy atom. The maximum atomic E-state index is 13.7. The van der Waals surface area contributed by atoms with Gasteiger partial charge < -0.3 is 0 Å². The van der Waals surface area contributed by atoms with Crippen molar-refractivity contribution in [3.8, 4) is 0 Å². The van der Waals surface area contributed by atoms with Crippen molar-refractivity contribution in [1.29, 1.82) is 0 Å². The molecule has 0 saturated carbocycles. The third kappa shape index (κ3) is 4.58. The van der Waals surface area contributed by atoms with Crippen LogP contribution in [0.25, 0.3) is 0 Å². The van der Waals surface area contributed by atoms with Gasteiger partial charge in [-0.2, -0.15) is 0 Å². The molecule has 0 saturated heterocycles. The molecule has 0 aliphatic heterocycles. The lowest BCUT2D eigenvalue weighted by Gasteiger charge is -2.26. The predicted molar refractivity (Wildman–Crippen MR) is 76.6 cm³/mol. The minimum atomic E-state index is -0.120. The van der Waals surface area contributed by atoms with Crippen LogP contribution in [0.3, 0.4) is 0 Å². The van der Waals surface area contributed by atoms with E-state index in [9.17, 15) is 4.39 Å². The third-order valence-electron chi connectivity index (χ3n) is 3.59. The van der Waals surface area contributed by atoms with Gasteiger partial charge in [0.15, 0.2) is 0 Å². The summed E-state index contributed by atoms with van der Waals surface area (Å²) < 4.78 is 13.7. The summed E-state index contributed by atoms with van der Waals surface area (Å²) in [5.41, 5.74) is 0.769. The van der Waals surface area contributed by atoms with Crippen LogP contribution in [0.4, 0.5) is 4.39 Å². The molecule has 0 amide bonds. The molecule has 2 atom stereocenters. The van der Waals surface area contributed by atoms with Crippen molar-refractivity contribution in [2.75, 3.05) is 19.5 Å². The van der Waals surface area contributed by atoms with E-state index in [-0.39, 0.29) is 11.9 Å². The monoisotopic (exact) mass is 271 g/mol. The van der Waals surface area contributed by atoms with Crippen molar-refractivity contribution in [1.82, 2.24) is 4.90 Å². The molecule has 0 N–H and O–H groups in total. The first kappa shape index (κ1) is 15.5. The van der Waals surface area contributed by atoms with Crippen LogP contribution in [-0.2, 0) is 0 Å². The maximum absolute atomic E-state index is 13.7. The molecule has 1 aromatic carbocycles. The third-order valence-corrected chi connectivity index (χ3v) is 3.81. The maximum Gasteiger partial charge on any atom is 0.127 e. The fraction of sp³-hybridized carbons (Fsp3) is 0.600. The Labute approximate surface area is 115 Å². The van der Waals surface area contributed by atoms with Crippen LogP contribution in [-0.4, -0.2) is 24.4 Å². The van der Waals surface area contributed by atoms with E-state index in [1.165, 1.54) is 6.07 Å². The molecule has 1 rings (SSSR count). The smallest absolute Gasteiger partial charge is 0.127 e. The summed E-state index contributed by atoms with van der Waals surface area (Å²) in [4.78, 5) is 2.20. The van der Waals surface area contributed by atoms with E-state index in [4.69, 9.17) is 11.6 Å². The Hall–Kier alpha value is -0.600. The van der Waals surface area contributed by atoms with E-state index in [1.807, 2.05) is 26.1 Å². The first-order chi connectivity index (χ1) is 8.56. The first-order valence-corrected chi connectivity index (χ1v) is 7.10. The highest BCUT2D eigenvalue weighted by Crippen LogP contribution is 2.22. The lowest BCUT2D eigenvalue weighted by atomic mass is 10.0. The molecule has 0 heterocycles. The zero-order valence-electron chi connectivity index (χ0n) is 11.5. The summed E-state index contributed by atoms with van der Waals surface area (Å²) in [6, 6.07) is 7.11. The molecule has 1 aromatic rings. The molecule has 0 aliphatic rings. The van der Waals surface area contributed by atoms with Gasteiger partial charge in [0, 0.05) is 17.5 Å². The van der Waals surface area contributed by atoms with Gasteiger partial charge in [-0.05, 0) is 45.3 Å². The van der Waals surface area contributed by atoms with Crippen molar-refractivity contribution in [3.63, 3.8) is 0 Å². The molecule has 18 heavy (non-hydrogen) atoms. The quantitative estimate of drug-likeness (QED) is 0.661. The summed E-state index contributed by atoms with van der Waals surface area (Å²) in [6.45, 7) is 5.22. The van der Waals surface area contributed by atoms with Crippen molar-refractivity contribution < 1.29 is 4.39 Å². The highest BCUT2D eigenvalue weighted by atomic mass is 35.5. The molecule has 0 aromatic heterocycles. The van der Waals surface area contributed by atoms with Gasteiger partial charge in [-0.15, -0.1) is 11.6 Å². The zero-order valence-corrected chi connectivity index (χ0v) is 12.3. The number of benzene rings is 1. The van der Waals surface area contributed by atoms with E-state index in [0.717, 1.165) is 24.9 Å². The molecular formula is C15H23ClFN. The fourth-order valence-corrected chi connectivity index (χ4v) is 2.37. The minimum Gasteiger partial charge on any atom is -0.300 e. The fourth-order valence-electron chi connectivity index (χ4n) is 2.00. The second-order valence-corrected chi connectivity index (χ2v) is 5.43. The Morgan fingerprint density at radius 3 is 2.50 bits per heavy atom. The van der Waals surface area contributed by atoms with E-state index < -0.39 is 0 Å².